The predicted molar refractivity (Wildman–Crippen MR) is 67.6 cm³/mol. The standard InChI is InChI=1S/C11H16FN3OS/c1-6(11(16)15-14)7(2)17-8-3-4-10(13)9(12)5-8/h3-7H,13-14H2,1-2H3,(H,15,16). The summed E-state index contributed by atoms with van der Waals surface area (Å²) in [6, 6.07) is 4.61. The molecule has 0 saturated heterocycles. The number of thioether (sulfide) groups is 1. The molecule has 0 spiro atoms. The van der Waals surface area contributed by atoms with Crippen LogP contribution in [0.3, 0.4) is 0 Å². The van der Waals surface area contributed by atoms with Crippen molar-refractivity contribution < 1.29 is 9.18 Å². The van der Waals surface area contributed by atoms with Gasteiger partial charge in [-0.3, -0.25) is 10.2 Å². The van der Waals surface area contributed by atoms with Gasteiger partial charge in [-0.15, -0.1) is 11.8 Å². The molecule has 1 amide bonds. The van der Waals surface area contributed by atoms with Crippen LogP contribution in [0.2, 0.25) is 0 Å². The van der Waals surface area contributed by atoms with Crippen LogP contribution in [0.1, 0.15) is 13.8 Å². The summed E-state index contributed by atoms with van der Waals surface area (Å²) < 4.78 is 13.2. The highest BCUT2D eigenvalue weighted by atomic mass is 32.2. The van der Waals surface area contributed by atoms with Gasteiger partial charge in [0, 0.05) is 16.1 Å². The van der Waals surface area contributed by atoms with Crippen LogP contribution in [-0.4, -0.2) is 11.2 Å². The van der Waals surface area contributed by atoms with Gasteiger partial charge >= 0.3 is 0 Å². The molecule has 2 atom stereocenters. The van der Waals surface area contributed by atoms with E-state index in [-0.39, 0.29) is 22.8 Å². The number of nitrogens with one attached hydrogen (secondary N) is 1. The van der Waals surface area contributed by atoms with Crippen molar-refractivity contribution in [1.29, 1.82) is 0 Å². The van der Waals surface area contributed by atoms with E-state index in [4.69, 9.17) is 11.6 Å². The first-order chi connectivity index (χ1) is 7.95. The highest BCUT2D eigenvalue weighted by Crippen LogP contribution is 2.29. The lowest BCUT2D eigenvalue weighted by Crippen LogP contribution is -2.38. The number of anilines is 1. The molecule has 0 aliphatic heterocycles. The maximum atomic E-state index is 13.2. The Kier molecular flexibility index (Phi) is 4.77. The van der Waals surface area contributed by atoms with Crippen LogP contribution in [0.4, 0.5) is 10.1 Å². The zero-order chi connectivity index (χ0) is 13.0. The molecule has 0 fully saturated rings. The van der Waals surface area contributed by atoms with Gasteiger partial charge in [0.1, 0.15) is 5.82 Å². The van der Waals surface area contributed by atoms with Crippen molar-refractivity contribution >= 4 is 23.4 Å². The van der Waals surface area contributed by atoms with Gasteiger partial charge in [0.25, 0.3) is 0 Å². The van der Waals surface area contributed by atoms with Crippen molar-refractivity contribution in [3.05, 3.63) is 24.0 Å². The molecule has 0 bridgehead atoms. The quantitative estimate of drug-likeness (QED) is 0.251. The summed E-state index contributed by atoms with van der Waals surface area (Å²) in [6.45, 7) is 3.66. The summed E-state index contributed by atoms with van der Waals surface area (Å²) in [4.78, 5) is 12.1. The van der Waals surface area contributed by atoms with E-state index in [1.54, 1.807) is 13.0 Å². The summed E-state index contributed by atoms with van der Waals surface area (Å²) in [6.07, 6.45) is 0. The second kappa shape index (κ2) is 5.88. The van der Waals surface area contributed by atoms with Crippen molar-refractivity contribution in [3.63, 3.8) is 0 Å². The second-order valence-corrected chi connectivity index (χ2v) is 5.25. The summed E-state index contributed by atoms with van der Waals surface area (Å²) in [7, 11) is 0. The van der Waals surface area contributed by atoms with Gasteiger partial charge in [-0.1, -0.05) is 13.8 Å². The Balaban J connectivity index is 2.70. The smallest absolute Gasteiger partial charge is 0.237 e. The van der Waals surface area contributed by atoms with Crippen LogP contribution in [0.25, 0.3) is 0 Å². The number of benzene rings is 1. The van der Waals surface area contributed by atoms with Gasteiger partial charge in [0.15, 0.2) is 0 Å². The van der Waals surface area contributed by atoms with E-state index in [0.29, 0.717) is 0 Å². The Morgan fingerprint density at radius 1 is 1.47 bits per heavy atom. The number of halogens is 1. The van der Waals surface area contributed by atoms with Gasteiger partial charge in [0.2, 0.25) is 5.91 Å². The van der Waals surface area contributed by atoms with E-state index in [9.17, 15) is 9.18 Å². The van der Waals surface area contributed by atoms with E-state index >= 15 is 0 Å². The number of amides is 1. The van der Waals surface area contributed by atoms with Crippen molar-refractivity contribution in [2.24, 2.45) is 11.8 Å². The van der Waals surface area contributed by atoms with E-state index in [0.717, 1.165) is 4.90 Å². The van der Waals surface area contributed by atoms with E-state index in [1.807, 2.05) is 6.92 Å². The van der Waals surface area contributed by atoms with Gasteiger partial charge in [0.05, 0.1) is 5.69 Å². The molecule has 17 heavy (non-hydrogen) atoms. The highest BCUT2D eigenvalue weighted by Gasteiger charge is 2.20. The number of nitrogens with two attached hydrogens (primary N) is 2. The van der Waals surface area contributed by atoms with Crippen molar-refractivity contribution in [3.8, 4) is 0 Å². The number of rotatable bonds is 4. The highest BCUT2D eigenvalue weighted by molar-refractivity contribution is 8.00. The molecule has 1 rings (SSSR count). The number of hydrogen-bond acceptors (Lipinski definition) is 4. The number of carbonyl (C=O) groups is 1. The first kappa shape index (κ1) is 13.8. The molecular formula is C11H16FN3OS. The normalized spacial score (nSPS) is 14.1. The lowest BCUT2D eigenvalue weighted by atomic mass is 10.1. The molecule has 0 heterocycles. The molecule has 0 aliphatic rings. The minimum atomic E-state index is -0.446. The third kappa shape index (κ3) is 3.61. The fourth-order valence-corrected chi connectivity index (χ4v) is 2.32. The van der Waals surface area contributed by atoms with Gasteiger partial charge < -0.3 is 5.73 Å². The molecule has 0 aliphatic carbocycles. The zero-order valence-electron chi connectivity index (χ0n) is 9.74. The number of hydrazine groups is 1. The average molecular weight is 257 g/mol. The zero-order valence-corrected chi connectivity index (χ0v) is 10.6. The largest absolute Gasteiger partial charge is 0.396 e. The van der Waals surface area contributed by atoms with Crippen molar-refractivity contribution in [2.45, 2.75) is 24.0 Å². The second-order valence-electron chi connectivity index (χ2n) is 3.80. The molecule has 94 valence electrons. The lowest BCUT2D eigenvalue weighted by molar-refractivity contribution is -0.124. The first-order valence-corrected chi connectivity index (χ1v) is 6.05. The maximum absolute atomic E-state index is 13.2. The van der Waals surface area contributed by atoms with Crippen LogP contribution >= 0.6 is 11.8 Å². The van der Waals surface area contributed by atoms with Crippen molar-refractivity contribution in [2.75, 3.05) is 5.73 Å². The third-order valence-corrected chi connectivity index (χ3v) is 3.86. The molecular weight excluding hydrogens is 241 g/mol. The van der Waals surface area contributed by atoms with Crippen LogP contribution < -0.4 is 17.0 Å². The number of hydrogen-bond donors (Lipinski definition) is 3. The molecule has 2 unspecified atom stereocenters. The Bertz CT molecular complexity index is 414. The minimum absolute atomic E-state index is 0.0124. The molecule has 0 aromatic heterocycles. The fourth-order valence-electron chi connectivity index (χ4n) is 1.24. The maximum Gasteiger partial charge on any atom is 0.237 e. The molecule has 4 nitrogen and oxygen atoms in total. The molecule has 1 aromatic carbocycles. The molecule has 6 heteroatoms. The van der Waals surface area contributed by atoms with Crippen LogP contribution in [-0.2, 0) is 4.79 Å². The monoisotopic (exact) mass is 257 g/mol. The van der Waals surface area contributed by atoms with Crippen LogP contribution in [0.15, 0.2) is 23.1 Å². The van der Waals surface area contributed by atoms with Crippen LogP contribution in [0.5, 0.6) is 0 Å². The van der Waals surface area contributed by atoms with E-state index in [1.165, 1.54) is 23.9 Å². The van der Waals surface area contributed by atoms with E-state index in [2.05, 4.69) is 5.43 Å². The molecule has 1 aromatic rings. The number of nitrogen functional groups attached to an aromatic ring is 1. The van der Waals surface area contributed by atoms with Gasteiger partial charge in [-0.05, 0) is 18.2 Å². The summed E-state index contributed by atoms with van der Waals surface area (Å²) in [5.41, 5.74) is 7.61. The Morgan fingerprint density at radius 2 is 2.12 bits per heavy atom. The number of carbonyl (C=O) groups excluding carboxylic acids is 1. The van der Waals surface area contributed by atoms with Gasteiger partial charge in [-0.2, -0.15) is 0 Å². The Hall–Kier alpha value is -1.27. The minimum Gasteiger partial charge on any atom is -0.396 e. The van der Waals surface area contributed by atoms with Gasteiger partial charge in [-0.25, -0.2) is 10.2 Å². The summed E-state index contributed by atoms with van der Waals surface area (Å²) in [5, 5.41) is -0.0124. The fraction of sp³-hybridized carbons (Fsp3) is 0.364. The third-order valence-electron chi connectivity index (χ3n) is 2.55. The summed E-state index contributed by atoms with van der Waals surface area (Å²) >= 11 is 1.41. The Morgan fingerprint density at radius 3 is 2.65 bits per heavy atom. The lowest BCUT2D eigenvalue weighted by Gasteiger charge is -2.17. The molecule has 0 radical (unpaired) electrons. The molecule has 5 N–H and O–H groups in total. The average Bonchev–Trinajstić information content (AvgIpc) is 2.31. The van der Waals surface area contributed by atoms with E-state index < -0.39 is 5.82 Å². The summed E-state index contributed by atoms with van der Waals surface area (Å²) in [5.74, 6) is 4.12. The SMILES string of the molecule is CC(Sc1ccc(N)c(F)c1)C(C)C(=O)NN. The molecule has 0 saturated carbocycles. The van der Waals surface area contributed by atoms with Crippen molar-refractivity contribution in [1.82, 2.24) is 5.43 Å². The first-order valence-electron chi connectivity index (χ1n) is 5.18. The predicted octanol–water partition coefficient (Wildman–Crippen LogP) is 1.51. The van der Waals surface area contributed by atoms with Crippen LogP contribution in [0, 0.1) is 11.7 Å². The Labute approximate surface area is 104 Å². The topological polar surface area (TPSA) is 81.1 Å².